The number of hydrogen-bond acceptors (Lipinski definition) is 4. The molecule has 29 heavy (non-hydrogen) atoms. The van der Waals surface area contributed by atoms with Crippen molar-refractivity contribution in [2.75, 3.05) is 11.9 Å². The predicted octanol–water partition coefficient (Wildman–Crippen LogP) is 5.13. The average Bonchev–Trinajstić information content (AvgIpc) is 3.08. The third-order valence-electron chi connectivity index (χ3n) is 4.81. The number of aromatic carboxylic acids is 1. The molecule has 2 heterocycles. The van der Waals surface area contributed by atoms with E-state index < -0.39 is 11.8 Å². The highest BCUT2D eigenvalue weighted by atomic mass is 32.1. The summed E-state index contributed by atoms with van der Waals surface area (Å²) in [5.74, 6) is -1.49. The Morgan fingerprint density at radius 1 is 1.28 bits per heavy atom. The molecule has 4 rings (SSSR count). The van der Waals surface area contributed by atoms with Crippen molar-refractivity contribution in [2.45, 2.75) is 19.3 Å². The van der Waals surface area contributed by atoms with Gasteiger partial charge in [-0.1, -0.05) is 30.3 Å². The lowest BCUT2D eigenvalue weighted by Crippen LogP contribution is -2.22. The molecule has 0 fully saturated rings. The Balaban J connectivity index is 1.94. The number of thiophene rings is 1. The first kappa shape index (κ1) is 19.1. The molecule has 7 heteroatoms. The van der Waals surface area contributed by atoms with Crippen LogP contribution in [0.4, 0.5) is 10.1 Å². The van der Waals surface area contributed by atoms with Crippen molar-refractivity contribution < 1.29 is 23.8 Å². The van der Waals surface area contributed by atoms with E-state index in [-0.39, 0.29) is 23.1 Å². The largest absolute Gasteiger partial charge is 0.494 e. The number of nitrogens with one attached hydrogen (secondary N) is 1. The zero-order valence-corrected chi connectivity index (χ0v) is 16.4. The number of para-hydroxylation sites is 1. The Hall–Kier alpha value is -3.19. The van der Waals surface area contributed by atoms with Gasteiger partial charge in [-0.2, -0.15) is 0 Å². The van der Waals surface area contributed by atoms with E-state index in [0.29, 0.717) is 29.2 Å². The zero-order valence-electron chi connectivity index (χ0n) is 15.6. The van der Waals surface area contributed by atoms with E-state index in [2.05, 4.69) is 5.32 Å². The van der Waals surface area contributed by atoms with Crippen LogP contribution in [0.5, 0.6) is 5.75 Å². The smallest absolute Gasteiger partial charge is 0.346 e. The lowest BCUT2D eigenvalue weighted by atomic mass is 9.88. The second-order valence-electron chi connectivity index (χ2n) is 6.64. The summed E-state index contributed by atoms with van der Waals surface area (Å²) in [6.45, 7) is 2.35. The van der Waals surface area contributed by atoms with Gasteiger partial charge in [-0.05, 0) is 30.7 Å². The van der Waals surface area contributed by atoms with Gasteiger partial charge in [0.25, 0.3) is 0 Å². The summed E-state index contributed by atoms with van der Waals surface area (Å²) >= 11 is 1.11. The Morgan fingerprint density at radius 3 is 2.79 bits per heavy atom. The van der Waals surface area contributed by atoms with Crippen LogP contribution in [0.3, 0.4) is 0 Å². The van der Waals surface area contributed by atoms with Crippen LogP contribution in [-0.2, 0) is 4.79 Å². The van der Waals surface area contributed by atoms with Gasteiger partial charge in [-0.25, -0.2) is 9.18 Å². The van der Waals surface area contributed by atoms with Crippen molar-refractivity contribution in [1.29, 1.82) is 0 Å². The summed E-state index contributed by atoms with van der Waals surface area (Å²) < 4.78 is 19.6. The second-order valence-corrected chi connectivity index (χ2v) is 7.69. The Morgan fingerprint density at radius 2 is 2.07 bits per heavy atom. The van der Waals surface area contributed by atoms with Crippen LogP contribution in [0.1, 0.15) is 39.4 Å². The lowest BCUT2D eigenvalue weighted by Gasteiger charge is -2.25. The number of amides is 1. The predicted molar refractivity (Wildman–Crippen MR) is 109 cm³/mol. The fourth-order valence-electron chi connectivity index (χ4n) is 3.66. The summed E-state index contributed by atoms with van der Waals surface area (Å²) in [7, 11) is 0. The molecule has 5 nitrogen and oxygen atoms in total. The van der Waals surface area contributed by atoms with Crippen LogP contribution in [0.25, 0.3) is 11.1 Å². The van der Waals surface area contributed by atoms with Gasteiger partial charge < -0.3 is 15.2 Å². The molecule has 1 aromatic heterocycles. The minimum Gasteiger partial charge on any atom is -0.494 e. The maximum absolute atomic E-state index is 13.8. The van der Waals surface area contributed by atoms with Gasteiger partial charge in [0.2, 0.25) is 5.91 Å². The number of carboxylic acids is 1. The fraction of sp³-hybridized carbons (Fsp3) is 0.182. The Kier molecular flexibility index (Phi) is 5.07. The van der Waals surface area contributed by atoms with Crippen molar-refractivity contribution in [2.24, 2.45) is 0 Å². The maximum atomic E-state index is 13.8. The van der Waals surface area contributed by atoms with E-state index in [0.717, 1.165) is 21.8 Å². The number of halogens is 1. The van der Waals surface area contributed by atoms with Crippen LogP contribution in [0, 0.1) is 5.82 Å². The van der Waals surface area contributed by atoms with Crippen LogP contribution in [0.15, 0.2) is 48.5 Å². The molecule has 0 spiro atoms. The van der Waals surface area contributed by atoms with Crippen molar-refractivity contribution >= 4 is 28.9 Å². The van der Waals surface area contributed by atoms with Gasteiger partial charge in [-0.3, -0.25) is 4.79 Å². The molecule has 2 aromatic carbocycles. The minimum atomic E-state index is -1.12. The van der Waals surface area contributed by atoms with E-state index in [1.165, 1.54) is 18.2 Å². The highest BCUT2D eigenvalue weighted by Crippen LogP contribution is 2.50. The molecule has 0 unspecified atom stereocenters. The van der Waals surface area contributed by atoms with Gasteiger partial charge >= 0.3 is 5.97 Å². The molecular formula is C22H18FNO4S. The van der Waals surface area contributed by atoms with Crippen LogP contribution < -0.4 is 10.1 Å². The first-order valence-corrected chi connectivity index (χ1v) is 9.98. The third-order valence-corrected chi connectivity index (χ3v) is 6.10. The number of hydrogen-bond donors (Lipinski definition) is 2. The molecule has 1 amide bonds. The number of fused-ring (bicyclic) bond motifs is 1. The van der Waals surface area contributed by atoms with Gasteiger partial charge in [0.05, 0.1) is 12.3 Å². The van der Waals surface area contributed by atoms with Crippen LogP contribution in [-0.4, -0.2) is 23.6 Å². The molecule has 3 aromatic rings. The quantitative estimate of drug-likeness (QED) is 0.611. The van der Waals surface area contributed by atoms with Gasteiger partial charge in [0, 0.05) is 28.3 Å². The SMILES string of the molecule is CCOc1ccccc1[C@@H]1CC(=O)Nc2c1sc(C(=O)O)c2-c1cccc(F)c1. The summed E-state index contributed by atoms with van der Waals surface area (Å²) in [4.78, 5) is 25.3. The highest BCUT2D eigenvalue weighted by Gasteiger charge is 2.35. The Labute approximate surface area is 170 Å². The molecule has 0 bridgehead atoms. The zero-order chi connectivity index (χ0) is 20.5. The fourth-order valence-corrected chi connectivity index (χ4v) is 4.90. The van der Waals surface area contributed by atoms with Gasteiger partial charge in [-0.15, -0.1) is 11.3 Å². The second kappa shape index (κ2) is 7.67. The molecule has 1 aliphatic rings. The number of rotatable bonds is 5. The Bertz CT molecular complexity index is 1110. The van der Waals surface area contributed by atoms with Crippen LogP contribution in [0.2, 0.25) is 0 Å². The number of ether oxygens (including phenoxy) is 1. The third kappa shape index (κ3) is 3.49. The molecule has 0 radical (unpaired) electrons. The van der Waals surface area contributed by atoms with Crippen molar-refractivity contribution in [3.63, 3.8) is 0 Å². The molecular weight excluding hydrogens is 393 g/mol. The molecule has 0 saturated carbocycles. The number of benzene rings is 2. The average molecular weight is 411 g/mol. The summed E-state index contributed by atoms with van der Waals surface area (Å²) in [5.41, 5.74) is 2.02. The molecule has 0 aliphatic carbocycles. The molecule has 148 valence electrons. The van der Waals surface area contributed by atoms with E-state index >= 15 is 0 Å². The van der Waals surface area contributed by atoms with E-state index in [1.54, 1.807) is 6.07 Å². The minimum absolute atomic E-state index is 0.0710. The first-order valence-electron chi connectivity index (χ1n) is 9.17. The summed E-state index contributed by atoms with van der Waals surface area (Å²) in [5, 5.41) is 12.6. The van der Waals surface area contributed by atoms with E-state index in [9.17, 15) is 19.1 Å². The first-order chi connectivity index (χ1) is 14.0. The van der Waals surface area contributed by atoms with Crippen molar-refractivity contribution in [1.82, 2.24) is 0 Å². The van der Waals surface area contributed by atoms with Crippen molar-refractivity contribution in [3.8, 4) is 16.9 Å². The summed E-state index contributed by atoms with van der Waals surface area (Å²) in [6, 6.07) is 13.2. The number of carbonyl (C=O) groups is 2. The number of carboxylic acid groups (broad SMARTS) is 1. The maximum Gasteiger partial charge on any atom is 0.346 e. The van der Waals surface area contributed by atoms with Gasteiger partial charge in [0.1, 0.15) is 16.4 Å². The van der Waals surface area contributed by atoms with Gasteiger partial charge in [0.15, 0.2) is 0 Å². The van der Waals surface area contributed by atoms with Crippen LogP contribution >= 0.6 is 11.3 Å². The highest BCUT2D eigenvalue weighted by molar-refractivity contribution is 7.15. The normalized spacial score (nSPS) is 15.5. The van der Waals surface area contributed by atoms with E-state index in [1.807, 2.05) is 31.2 Å². The summed E-state index contributed by atoms with van der Waals surface area (Å²) in [6.07, 6.45) is 0.180. The molecule has 0 saturated heterocycles. The number of carbonyl (C=O) groups excluding carboxylic acids is 1. The molecule has 1 aliphatic heterocycles. The lowest BCUT2D eigenvalue weighted by molar-refractivity contribution is -0.116. The number of anilines is 1. The molecule has 1 atom stereocenters. The van der Waals surface area contributed by atoms with E-state index in [4.69, 9.17) is 4.74 Å². The van der Waals surface area contributed by atoms with Crippen molar-refractivity contribution in [3.05, 3.63) is 69.7 Å². The molecule has 2 N–H and O–H groups in total. The topological polar surface area (TPSA) is 75.6 Å². The monoisotopic (exact) mass is 411 g/mol. The standard InChI is InChI=1S/C22H18FNO4S/c1-2-28-16-9-4-3-8-14(16)15-11-17(25)24-19-18(12-6-5-7-13(23)10-12)21(22(26)27)29-20(15)19/h3-10,15H,2,11H2,1H3,(H,24,25)(H,26,27)/t15-/m0/s1.